The van der Waals surface area contributed by atoms with Gasteiger partial charge in [0, 0.05) is 24.3 Å². The van der Waals surface area contributed by atoms with E-state index in [1.807, 2.05) is 18.2 Å². The first-order chi connectivity index (χ1) is 11.0. The summed E-state index contributed by atoms with van der Waals surface area (Å²) in [5.41, 5.74) is 5.90. The van der Waals surface area contributed by atoms with E-state index in [0.29, 0.717) is 0 Å². The number of rotatable bonds is 4. The van der Waals surface area contributed by atoms with Gasteiger partial charge in [0.2, 0.25) is 0 Å². The summed E-state index contributed by atoms with van der Waals surface area (Å²) < 4.78 is 2.21. The number of nitrogens with zero attached hydrogens (tertiary/aromatic N) is 1. The second-order valence-electron chi connectivity index (χ2n) is 5.80. The van der Waals surface area contributed by atoms with Gasteiger partial charge in [0.05, 0.1) is 0 Å². The lowest BCUT2D eigenvalue weighted by molar-refractivity contribution is -0.131. The van der Waals surface area contributed by atoms with Gasteiger partial charge in [0.1, 0.15) is 0 Å². The third-order valence-corrected chi connectivity index (χ3v) is 4.19. The Balaban J connectivity index is 2.01. The summed E-state index contributed by atoms with van der Waals surface area (Å²) in [6.07, 6.45) is 4.87. The van der Waals surface area contributed by atoms with Crippen LogP contribution >= 0.6 is 0 Å². The second-order valence-corrected chi connectivity index (χ2v) is 5.80. The average molecular weight is 305 g/mol. The highest BCUT2D eigenvalue weighted by molar-refractivity contribution is 5.87. The lowest BCUT2D eigenvalue weighted by Gasteiger charge is -2.12. The maximum Gasteiger partial charge on any atom is 0.328 e. The number of carboxylic acids is 1. The molecule has 3 rings (SSSR count). The zero-order valence-corrected chi connectivity index (χ0v) is 13.3. The summed E-state index contributed by atoms with van der Waals surface area (Å²) in [5, 5.41) is 9.92. The van der Waals surface area contributed by atoms with Crippen LogP contribution in [0.5, 0.6) is 0 Å². The van der Waals surface area contributed by atoms with Gasteiger partial charge < -0.3 is 9.67 Å². The van der Waals surface area contributed by atoms with E-state index in [9.17, 15) is 4.79 Å². The third kappa shape index (κ3) is 3.19. The topological polar surface area (TPSA) is 42.2 Å². The Morgan fingerprint density at radius 1 is 1.13 bits per heavy atom. The molecule has 0 amide bonds. The summed E-state index contributed by atoms with van der Waals surface area (Å²) in [7, 11) is 0. The molecular formula is C20H19NO2. The third-order valence-electron chi connectivity index (χ3n) is 4.19. The molecule has 23 heavy (non-hydrogen) atoms. The lowest BCUT2D eigenvalue weighted by Crippen LogP contribution is -2.02. The molecule has 0 aliphatic rings. The Hall–Kier alpha value is -2.81. The molecule has 0 radical (unpaired) electrons. The zero-order valence-electron chi connectivity index (χ0n) is 13.3. The quantitative estimate of drug-likeness (QED) is 0.726. The van der Waals surface area contributed by atoms with Gasteiger partial charge >= 0.3 is 5.97 Å². The first-order valence-electron chi connectivity index (χ1n) is 7.59. The lowest BCUT2D eigenvalue weighted by atomic mass is 10.0. The molecule has 0 unspecified atom stereocenters. The number of carboxylic acid groups (broad SMARTS) is 1. The summed E-state index contributed by atoms with van der Waals surface area (Å²) >= 11 is 0. The maximum atomic E-state index is 10.7. The summed E-state index contributed by atoms with van der Waals surface area (Å²) in [6.45, 7) is 5.08. The van der Waals surface area contributed by atoms with E-state index in [1.165, 1.54) is 22.8 Å². The first-order valence-corrected chi connectivity index (χ1v) is 7.59. The molecule has 3 nitrogen and oxygen atoms in total. The summed E-state index contributed by atoms with van der Waals surface area (Å²) in [4.78, 5) is 10.7. The molecule has 0 aliphatic heterocycles. The Labute approximate surface area is 135 Å². The van der Waals surface area contributed by atoms with Gasteiger partial charge in [0.15, 0.2) is 0 Å². The number of fused-ring (bicyclic) bond motifs is 1. The molecule has 0 saturated heterocycles. The van der Waals surface area contributed by atoms with E-state index < -0.39 is 5.97 Å². The van der Waals surface area contributed by atoms with Crippen LogP contribution in [0.15, 0.2) is 54.7 Å². The van der Waals surface area contributed by atoms with E-state index in [-0.39, 0.29) is 0 Å². The zero-order chi connectivity index (χ0) is 16.4. The van der Waals surface area contributed by atoms with Crippen molar-refractivity contribution in [2.45, 2.75) is 20.4 Å². The van der Waals surface area contributed by atoms with Crippen LogP contribution in [0.4, 0.5) is 0 Å². The fourth-order valence-electron chi connectivity index (χ4n) is 2.88. The van der Waals surface area contributed by atoms with Gasteiger partial charge in [-0.25, -0.2) is 4.79 Å². The van der Waals surface area contributed by atoms with Crippen molar-refractivity contribution in [3.05, 3.63) is 77.0 Å². The molecule has 0 aliphatic carbocycles. The Morgan fingerprint density at radius 3 is 2.57 bits per heavy atom. The van der Waals surface area contributed by atoms with Gasteiger partial charge in [-0.1, -0.05) is 30.3 Å². The minimum Gasteiger partial charge on any atom is -0.478 e. The van der Waals surface area contributed by atoms with Gasteiger partial charge in [0.25, 0.3) is 0 Å². The predicted molar refractivity (Wildman–Crippen MR) is 93.6 cm³/mol. The van der Waals surface area contributed by atoms with Crippen molar-refractivity contribution in [3.8, 4) is 0 Å². The highest BCUT2D eigenvalue weighted by Gasteiger charge is 2.06. The van der Waals surface area contributed by atoms with Crippen molar-refractivity contribution in [3.63, 3.8) is 0 Å². The Kier molecular flexibility index (Phi) is 4.02. The minimum atomic E-state index is -0.934. The number of aryl methyl sites for hydroxylation is 2. The van der Waals surface area contributed by atoms with Crippen molar-refractivity contribution in [2.75, 3.05) is 0 Å². The van der Waals surface area contributed by atoms with E-state index in [1.54, 1.807) is 6.08 Å². The molecule has 2 aromatic carbocycles. The average Bonchev–Trinajstić information content (AvgIpc) is 2.91. The van der Waals surface area contributed by atoms with Gasteiger partial charge in [-0.2, -0.15) is 0 Å². The minimum absolute atomic E-state index is 0.814. The van der Waals surface area contributed by atoms with Gasteiger partial charge in [-0.05, 0) is 59.7 Å². The van der Waals surface area contributed by atoms with Gasteiger partial charge in [-0.15, -0.1) is 0 Å². The Bertz CT molecular complexity index is 883. The number of aromatic nitrogens is 1. The number of benzene rings is 2. The molecular weight excluding hydrogens is 286 g/mol. The van der Waals surface area contributed by atoms with E-state index in [0.717, 1.165) is 23.0 Å². The fourth-order valence-corrected chi connectivity index (χ4v) is 2.88. The molecule has 1 aromatic heterocycles. The monoisotopic (exact) mass is 305 g/mol. The van der Waals surface area contributed by atoms with Crippen LogP contribution in [-0.2, 0) is 11.3 Å². The SMILES string of the molecule is Cc1cccc(C)c1Cn1ccc2ccc(C=CC(=O)O)cc21. The van der Waals surface area contributed by atoms with Crippen molar-refractivity contribution in [1.29, 1.82) is 0 Å². The van der Waals surface area contributed by atoms with Crippen molar-refractivity contribution in [2.24, 2.45) is 0 Å². The molecule has 1 N–H and O–H groups in total. The van der Waals surface area contributed by atoms with Crippen molar-refractivity contribution >= 4 is 22.9 Å². The molecule has 116 valence electrons. The number of hydrogen-bond acceptors (Lipinski definition) is 1. The number of aliphatic carboxylic acids is 1. The maximum absolute atomic E-state index is 10.7. The largest absolute Gasteiger partial charge is 0.478 e. The van der Waals surface area contributed by atoms with Crippen LogP contribution in [0.25, 0.3) is 17.0 Å². The highest BCUT2D eigenvalue weighted by Crippen LogP contribution is 2.22. The fraction of sp³-hybridized carbons (Fsp3) is 0.150. The van der Waals surface area contributed by atoms with E-state index >= 15 is 0 Å². The molecule has 3 heteroatoms. The standard InChI is InChI=1S/C20H19NO2/c1-14-4-3-5-15(2)18(14)13-21-11-10-17-8-6-16(12-19(17)21)7-9-20(22)23/h3-12H,13H2,1-2H3,(H,22,23). The normalized spacial score (nSPS) is 11.4. The summed E-state index contributed by atoms with van der Waals surface area (Å²) in [6, 6.07) is 14.4. The smallest absolute Gasteiger partial charge is 0.328 e. The molecule has 3 aromatic rings. The number of carbonyl (C=O) groups is 1. The van der Waals surface area contributed by atoms with E-state index in [2.05, 4.69) is 48.9 Å². The second kappa shape index (κ2) is 6.13. The number of hydrogen-bond donors (Lipinski definition) is 1. The van der Waals surface area contributed by atoms with Crippen LogP contribution < -0.4 is 0 Å². The summed E-state index contributed by atoms with van der Waals surface area (Å²) in [5.74, 6) is -0.934. The molecule has 0 fully saturated rings. The van der Waals surface area contributed by atoms with Crippen LogP contribution in [0.1, 0.15) is 22.3 Å². The molecule has 0 saturated carbocycles. The predicted octanol–water partition coefficient (Wildman–Crippen LogP) is 4.40. The van der Waals surface area contributed by atoms with Crippen LogP contribution in [-0.4, -0.2) is 15.6 Å². The van der Waals surface area contributed by atoms with Crippen LogP contribution in [0.3, 0.4) is 0 Å². The van der Waals surface area contributed by atoms with Crippen LogP contribution in [0.2, 0.25) is 0 Å². The molecule has 0 bridgehead atoms. The molecule has 1 heterocycles. The first kappa shape index (κ1) is 15.1. The van der Waals surface area contributed by atoms with Gasteiger partial charge in [-0.3, -0.25) is 0 Å². The molecule has 0 atom stereocenters. The van der Waals surface area contributed by atoms with Crippen molar-refractivity contribution in [1.82, 2.24) is 4.57 Å². The molecule has 0 spiro atoms. The van der Waals surface area contributed by atoms with Crippen molar-refractivity contribution < 1.29 is 9.90 Å². The van der Waals surface area contributed by atoms with Crippen LogP contribution in [0, 0.1) is 13.8 Å². The van der Waals surface area contributed by atoms with E-state index in [4.69, 9.17) is 5.11 Å². The highest BCUT2D eigenvalue weighted by atomic mass is 16.4. The Morgan fingerprint density at radius 2 is 1.87 bits per heavy atom.